The highest BCUT2D eigenvalue weighted by molar-refractivity contribution is 7.89. The quantitative estimate of drug-likeness (QED) is 0.821. The Morgan fingerprint density at radius 3 is 2.65 bits per heavy atom. The summed E-state index contributed by atoms with van der Waals surface area (Å²) in [6, 6.07) is 11.0. The van der Waals surface area contributed by atoms with Gasteiger partial charge in [0.25, 0.3) is 0 Å². The Balaban J connectivity index is 1.88. The summed E-state index contributed by atoms with van der Waals surface area (Å²) in [7, 11) is -3.68. The van der Waals surface area contributed by atoms with Gasteiger partial charge in [0.05, 0.1) is 12.7 Å². The molecule has 140 valence electrons. The molecule has 0 fully saturated rings. The van der Waals surface area contributed by atoms with Gasteiger partial charge in [-0.05, 0) is 23.6 Å². The molecule has 1 aromatic heterocycles. The van der Waals surface area contributed by atoms with Gasteiger partial charge >= 0.3 is 0 Å². The molecule has 1 atom stereocenters. The zero-order valence-electron chi connectivity index (χ0n) is 15.3. The number of pyridine rings is 1. The van der Waals surface area contributed by atoms with E-state index in [9.17, 15) is 8.42 Å². The minimum atomic E-state index is -3.68. The molecule has 0 bridgehead atoms. The van der Waals surface area contributed by atoms with E-state index in [2.05, 4.69) is 4.98 Å². The first-order valence-electron chi connectivity index (χ1n) is 8.54. The number of ether oxygens (including phenoxy) is 2. The molecule has 0 aliphatic carbocycles. The van der Waals surface area contributed by atoms with Crippen molar-refractivity contribution in [2.75, 3.05) is 19.7 Å². The Bertz CT molecular complexity index is 847. The first-order valence-corrected chi connectivity index (χ1v) is 9.98. The lowest BCUT2D eigenvalue weighted by atomic mass is 9.97. The second-order valence-electron chi connectivity index (χ2n) is 7.54. The van der Waals surface area contributed by atoms with E-state index in [1.807, 2.05) is 51.1 Å². The van der Waals surface area contributed by atoms with Crippen molar-refractivity contribution in [1.29, 1.82) is 0 Å². The molecule has 0 saturated carbocycles. The van der Waals surface area contributed by atoms with Crippen LogP contribution < -0.4 is 9.47 Å². The topological polar surface area (TPSA) is 68.7 Å². The predicted octanol–water partition coefficient (Wildman–Crippen LogP) is 2.96. The zero-order valence-corrected chi connectivity index (χ0v) is 16.1. The van der Waals surface area contributed by atoms with E-state index in [1.54, 1.807) is 6.07 Å². The summed E-state index contributed by atoms with van der Waals surface area (Å²) < 4.78 is 39.4. The highest BCUT2D eigenvalue weighted by Crippen LogP contribution is 2.32. The number of hydrogen-bond acceptors (Lipinski definition) is 5. The Morgan fingerprint density at radius 1 is 1.23 bits per heavy atom. The minimum absolute atomic E-state index is 0.103. The highest BCUT2D eigenvalue weighted by atomic mass is 32.2. The largest absolute Gasteiger partial charge is 0.490 e. The minimum Gasteiger partial charge on any atom is -0.490 e. The van der Waals surface area contributed by atoms with Gasteiger partial charge in [-0.15, -0.1) is 0 Å². The van der Waals surface area contributed by atoms with Crippen molar-refractivity contribution in [2.24, 2.45) is 5.41 Å². The monoisotopic (exact) mass is 376 g/mol. The summed E-state index contributed by atoms with van der Waals surface area (Å²) in [5.41, 5.74) is -0.190. The van der Waals surface area contributed by atoms with Crippen LogP contribution in [0.15, 0.2) is 53.7 Å². The van der Waals surface area contributed by atoms with Crippen LogP contribution in [-0.2, 0) is 10.0 Å². The van der Waals surface area contributed by atoms with Gasteiger partial charge < -0.3 is 9.47 Å². The second kappa shape index (κ2) is 7.25. The average Bonchev–Trinajstić information content (AvgIpc) is 2.68. The number of para-hydroxylation sites is 1. The molecule has 26 heavy (non-hydrogen) atoms. The van der Waals surface area contributed by atoms with Crippen molar-refractivity contribution in [3.8, 4) is 11.5 Å². The van der Waals surface area contributed by atoms with E-state index in [1.165, 1.54) is 16.7 Å². The van der Waals surface area contributed by atoms with Gasteiger partial charge in [-0.1, -0.05) is 39.0 Å². The zero-order chi connectivity index (χ0) is 18.8. The van der Waals surface area contributed by atoms with Crippen molar-refractivity contribution in [1.82, 2.24) is 9.29 Å². The van der Waals surface area contributed by atoms with E-state index in [4.69, 9.17) is 9.47 Å². The van der Waals surface area contributed by atoms with Crippen molar-refractivity contribution < 1.29 is 17.9 Å². The molecule has 1 unspecified atom stereocenters. The Hall–Kier alpha value is -2.12. The second-order valence-corrected chi connectivity index (χ2v) is 9.45. The van der Waals surface area contributed by atoms with Crippen molar-refractivity contribution in [2.45, 2.75) is 31.8 Å². The molecule has 0 amide bonds. The molecule has 2 heterocycles. The third-order valence-corrected chi connectivity index (χ3v) is 5.72. The molecule has 0 radical (unpaired) electrons. The van der Waals surface area contributed by atoms with Gasteiger partial charge in [0, 0.05) is 12.7 Å². The highest BCUT2D eigenvalue weighted by Gasteiger charge is 2.37. The number of sulfonamides is 1. The molecule has 0 saturated heterocycles. The Kier molecular flexibility index (Phi) is 5.20. The van der Waals surface area contributed by atoms with Crippen LogP contribution in [0.3, 0.4) is 0 Å². The van der Waals surface area contributed by atoms with Crippen LogP contribution in [-0.4, -0.2) is 43.5 Å². The van der Waals surface area contributed by atoms with Gasteiger partial charge in [-0.2, -0.15) is 4.31 Å². The number of aromatic nitrogens is 1. The molecule has 6 nitrogen and oxygen atoms in total. The fraction of sp³-hybridized carbons (Fsp3) is 0.421. The third-order valence-electron chi connectivity index (χ3n) is 3.90. The Labute approximate surface area is 154 Å². The van der Waals surface area contributed by atoms with E-state index in [0.29, 0.717) is 12.3 Å². The molecular weight excluding hydrogens is 352 g/mol. The number of benzene rings is 1. The summed E-state index contributed by atoms with van der Waals surface area (Å²) in [4.78, 5) is 4.07. The van der Waals surface area contributed by atoms with Crippen LogP contribution in [0.5, 0.6) is 11.5 Å². The fourth-order valence-electron chi connectivity index (χ4n) is 2.81. The molecule has 1 aliphatic heterocycles. The summed E-state index contributed by atoms with van der Waals surface area (Å²) in [6.45, 7) is 6.88. The van der Waals surface area contributed by atoms with E-state index < -0.39 is 16.1 Å². The molecule has 2 aromatic rings. The molecule has 0 N–H and O–H groups in total. The summed E-state index contributed by atoms with van der Waals surface area (Å²) in [6.07, 6.45) is 2.46. The number of hydrogen-bond donors (Lipinski definition) is 0. The Morgan fingerprint density at radius 2 is 1.96 bits per heavy atom. The standard InChI is InChI=1S/C19H24N2O4S/c1-19(2,3)14-21-12-16(13-24-15-7-5-4-6-8-15)25-17-9-10-20-11-18(17)26(21,22)23/h4-11,16H,12-14H2,1-3H3. The smallest absolute Gasteiger partial charge is 0.248 e. The maximum absolute atomic E-state index is 13.1. The fourth-order valence-corrected chi connectivity index (χ4v) is 4.57. The van der Waals surface area contributed by atoms with E-state index >= 15 is 0 Å². The maximum Gasteiger partial charge on any atom is 0.248 e. The number of fused-ring (bicyclic) bond motifs is 1. The van der Waals surface area contributed by atoms with Crippen molar-refractivity contribution in [3.63, 3.8) is 0 Å². The average molecular weight is 376 g/mol. The van der Waals surface area contributed by atoms with Gasteiger partial charge in [0.1, 0.15) is 29.1 Å². The third kappa shape index (κ3) is 4.34. The lowest BCUT2D eigenvalue weighted by Crippen LogP contribution is -2.43. The van der Waals surface area contributed by atoms with Crippen molar-refractivity contribution >= 4 is 10.0 Å². The molecule has 7 heteroatoms. The first kappa shape index (κ1) is 18.7. The summed E-state index contributed by atoms with van der Waals surface area (Å²) in [5.74, 6) is 1.04. The van der Waals surface area contributed by atoms with E-state index in [-0.39, 0.29) is 23.5 Å². The lowest BCUT2D eigenvalue weighted by Gasteiger charge is -2.29. The normalized spacial score (nSPS) is 19.9. The number of rotatable bonds is 4. The van der Waals surface area contributed by atoms with Crippen LogP contribution in [0.2, 0.25) is 0 Å². The first-order chi connectivity index (χ1) is 12.3. The van der Waals surface area contributed by atoms with Crippen molar-refractivity contribution in [3.05, 3.63) is 48.8 Å². The lowest BCUT2D eigenvalue weighted by molar-refractivity contribution is 0.105. The molecule has 0 spiro atoms. The number of nitrogens with zero attached hydrogens (tertiary/aromatic N) is 2. The molecule has 1 aliphatic rings. The van der Waals surface area contributed by atoms with Crippen LogP contribution in [0.1, 0.15) is 20.8 Å². The van der Waals surface area contributed by atoms with E-state index in [0.717, 1.165) is 5.75 Å². The van der Waals surface area contributed by atoms with Crippen LogP contribution >= 0.6 is 0 Å². The van der Waals surface area contributed by atoms with Gasteiger partial charge in [0.15, 0.2) is 0 Å². The van der Waals surface area contributed by atoms with Crippen LogP contribution in [0.25, 0.3) is 0 Å². The molecule has 3 rings (SSSR count). The maximum atomic E-state index is 13.1. The summed E-state index contributed by atoms with van der Waals surface area (Å²) >= 11 is 0. The molecule has 1 aromatic carbocycles. The van der Waals surface area contributed by atoms with Crippen LogP contribution in [0, 0.1) is 5.41 Å². The summed E-state index contributed by atoms with van der Waals surface area (Å²) in [5, 5.41) is 0. The van der Waals surface area contributed by atoms with Gasteiger partial charge in [-0.3, -0.25) is 4.98 Å². The van der Waals surface area contributed by atoms with Gasteiger partial charge in [-0.25, -0.2) is 8.42 Å². The van der Waals surface area contributed by atoms with Crippen LogP contribution in [0.4, 0.5) is 0 Å². The predicted molar refractivity (Wildman–Crippen MR) is 98.8 cm³/mol. The SMILES string of the molecule is CC(C)(C)CN1CC(COc2ccccc2)Oc2ccncc2S1(=O)=O. The van der Waals surface area contributed by atoms with Gasteiger partial charge in [0.2, 0.25) is 10.0 Å². The molecular formula is C19H24N2O4S.